The maximum Gasteiger partial charge on any atom is 0.234 e. The number of hydrogen-bond donors (Lipinski definition) is 1. The Bertz CT molecular complexity index is 340. The number of nitrogens with two attached hydrogens (primary N) is 1. The van der Waals surface area contributed by atoms with Gasteiger partial charge in [-0.1, -0.05) is 30.3 Å². The van der Waals surface area contributed by atoms with Gasteiger partial charge in [-0.2, -0.15) is 5.26 Å². The quantitative estimate of drug-likeness (QED) is 0.772. The lowest BCUT2D eigenvalue weighted by Crippen LogP contribution is -2.22. The second-order valence-electron chi connectivity index (χ2n) is 3.11. The fourth-order valence-corrected chi connectivity index (χ4v) is 1.23. The van der Waals surface area contributed by atoms with Crippen molar-refractivity contribution in [3.05, 3.63) is 35.9 Å². The zero-order valence-electron chi connectivity index (χ0n) is 7.81. The maximum atomic E-state index is 10.8. The van der Waals surface area contributed by atoms with Crippen molar-refractivity contribution >= 4 is 5.91 Å². The van der Waals surface area contributed by atoms with E-state index in [9.17, 15) is 4.79 Å². The van der Waals surface area contributed by atoms with E-state index in [0.717, 1.165) is 5.56 Å². The summed E-state index contributed by atoms with van der Waals surface area (Å²) in [6.45, 7) is 0. The third-order valence-electron chi connectivity index (χ3n) is 2.06. The molecule has 1 atom stereocenters. The van der Waals surface area contributed by atoms with Gasteiger partial charge in [0, 0.05) is 0 Å². The number of nitriles is 1. The number of rotatable bonds is 4. The molecule has 0 fully saturated rings. The maximum absolute atomic E-state index is 10.8. The highest BCUT2D eigenvalue weighted by Crippen LogP contribution is 2.08. The number of hydrogen-bond acceptors (Lipinski definition) is 2. The smallest absolute Gasteiger partial charge is 0.234 e. The molecule has 3 heteroatoms. The number of carbonyl (C=O) groups is 1. The van der Waals surface area contributed by atoms with Crippen molar-refractivity contribution in [2.24, 2.45) is 11.7 Å². The van der Waals surface area contributed by atoms with Crippen molar-refractivity contribution in [1.29, 1.82) is 5.26 Å². The molecule has 0 saturated heterocycles. The third-order valence-corrected chi connectivity index (χ3v) is 2.06. The summed E-state index contributed by atoms with van der Waals surface area (Å²) in [5, 5.41) is 8.62. The Labute approximate surface area is 83.2 Å². The average molecular weight is 188 g/mol. The number of primary amides is 1. The molecule has 0 radical (unpaired) electrons. The molecule has 2 N–H and O–H groups in total. The summed E-state index contributed by atoms with van der Waals surface area (Å²) in [4.78, 5) is 10.8. The highest BCUT2D eigenvalue weighted by atomic mass is 16.1. The van der Waals surface area contributed by atoms with Crippen LogP contribution in [0.2, 0.25) is 0 Å². The predicted molar refractivity (Wildman–Crippen MR) is 53.1 cm³/mol. The molecule has 72 valence electrons. The van der Waals surface area contributed by atoms with Gasteiger partial charge in [-0.05, 0) is 18.4 Å². The van der Waals surface area contributed by atoms with Crippen LogP contribution in [0, 0.1) is 17.2 Å². The second kappa shape index (κ2) is 5.03. The minimum Gasteiger partial charge on any atom is -0.369 e. The first-order valence-corrected chi connectivity index (χ1v) is 4.47. The molecule has 0 aliphatic rings. The summed E-state index contributed by atoms with van der Waals surface area (Å²) >= 11 is 0. The van der Waals surface area contributed by atoms with E-state index in [1.165, 1.54) is 0 Å². The summed E-state index contributed by atoms with van der Waals surface area (Å²) < 4.78 is 0. The molecular weight excluding hydrogens is 176 g/mol. The summed E-state index contributed by atoms with van der Waals surface area (Å²) in [7, 11) is 0. The van der Waals surface area contributed by atoms with Crippen molar-refractivity contribution in [2.45, 2.75) is 12.8 Å². The zero-order valence-corrected chi connectivity index (χ0v) is 7.81. The molecule has 1 rings (SSSR count). The van der Waals surface area contributed by atoms with E-state index in [0.29, 0.717) is 12.8 Å². The van der Waals surface area contributed by atoms with Gasteiger partial charge in [-0.15, -0.1) is 0 Å². The van der Waals surface area contributed by atoms with Crippen LogP contribution in [0.25, 0.3) is 0 Å². The van der Waals surface area contributed by atoms with Crippen molar-refractivity contribution in [1.82, 2.24) is 0 Å². The van der Waals surface area contributed by atoms with Crippen LogP contribution in [0.1, 0.15) is 12.0 Å². The van der Waals surface area contributed by atoms with E-state index in [1.54, 1.807) is 0 Å². The van der Waals surface area contributed by atoms with E-state index < -0.39 is 11.8 Å². The minimum atomic E-state index is -0.671. The van der Waals surface area contributed by atoms with Crippen LogP contribution < -0.4 is 5.73 Å². The lowest BCUT2D eigenvalue weighted by Gasteiger charge is -2.03. The average Bonchev–Trinajstić information content (AvgIpc) is 2.20. The number of amides is 1. The molecule has 0 heterocycles. The Hall–Kier alpha value is -1.82. The van der Waals surface area contributed by atoms with Crippen LogP contribution in [0.4, 0.5) is 0 Å². The van der Waals surface area contributed by atoms with Crippen molar-refractivity contribution < 1.29 is 4.79 Å². The summed E-state index contributed by atoms with van der Waals surface area (Å²) in [5.74, 6) is -1.21. The fourth-order valence-electron chi connectivity index (χ4n) is 1.23. The highest BCUT2D eigenvalue weighted by molar-refractivity contribution is 5.79. The first-order chi connectivity index (χ1) is 6.74. The lowest BCUT2D eigenvalue weighted by molar-refractivity contribution is -0.120. The minimum absolute atomic E-state index is 0.496. The van der Waals surface area contributed by atoms with Gasteiger partial charge >= 0.3 is 0 Å². The van der Waals surface area contributed by atoms with Crippen LogP contribution >= 0.6 is 0 Å². The van der Waals surface area contributed by atoms with Crippen LogP contribution in [-0.2, 0) is 11.2 Å². The normalized spacial score (nSPS) is 11.6. The fraction of sp³-hybridized carbons (Fsp3) is 0.273. The van der Waals surface area contributed by atoms with Crippen molar-refractivity contribution in [2.75, 3.05) is 0 Å². The van der Waals surface area contributed by atoms with E-state index in [2.05, 4.69) is 0 Å². The summed E-state index contributed by atoms with van der Waals surface area (Å²) in [5.41, 5.74) is 6.17. The van der Waals surface area contributed by atoms with Crippen molar-refractivity contribution in [3.63, 3.8) is 0 Å². The Morgan fingerprint density at radius 3 is 2.57 bits per heavy atom. The van der Waals surface area contributed by atoms with Crippen LogP contribution in [0.3, 0.4) is 0 Å². The second-order valence-corrected chi connectivity index (χ2v) is 3.11. The van der Waals surface area contributed by atoms with Gasteiger partial charge in [-0.25, -0.2) is 0 Å². The molecule has 14 heavy (non-hydrogen) atoms. The molecule has 3 nitrogen and oxygen atoms in total. The molecule has 1 amide bonds. The molecule has 0 saturated carbocycles. The van der Waals surface area contributed by atoms with Gasteiger partial charge in [0.15, 0.2) is 0 Å². The first kappa shape index (κ1) is 10.3. The SMILES string of the molecule is N#CC(CCc1ccccc1)C(N)=O. The number of nitrogens with zero attached hydrogens (tertiary/aromatic N) is 1. The molecule has 1 aromatic carbocycles. The molecule has 1 unspecified atom stereocenters. The van der Waals surface area contributed by atoms with Gasteiger partial charge in [-0.3, -0.25) is 4.79 Å². The number of aryl methyl sites for hydroxylation is 1. The Kier molecular flexibility index (Phi) is 3.69. The highest BCUT2D eigenvalue weighted by Gasteiger charge is 2.13. The topological polar surface area (TPSA) is 66.9 Å². The monoisotopic (exact) mass is 188 g/mol. The third kappa shape index (κ3) is 2.91. The largest absolute Gasteiger partial charge is 0.369 e. The van der Waals surface area contributed by atoms with E-state index in [-0.39, 0.29) is 0 Å². The zero-order chi connectivity index (χ0) is 10.4. The van der Waals surface area contributed by atoms with E-state index in [4.69, 9.17) is 11.0 Å². The van der Waals surface area contributed by atoms with Gasteiger partial charge in [0.1, 0.15) is 5.92 Å². The molecular formula is C11H12N2O. The van der Waals surface area contributed by atoms with Gasteiger partial charge in [0.25, 0.3) is 0 Å². The predicted octanol–water partition coefficient (Wildman–Crippen LogP) is 1.24. The van der Waals surface area contributed by atoms with E-state index >= 15 is 0 Å². The Morgan fingerprint density at radius 1 is 1.43 bits per heavy atom. The van der Waals surface area contributed by atoms with Crippen LogP contribution in [0.15, 0.2) is 30.3 Å². The number of benzene rings is 1. The Morgan fingerprint density at radius 2 is 2.07 bits per heavy atom. The van der Waals surface area contributed by atoms with E-state index in [1.807, 2.05) is 36.4 Å². The van der Waals surface area contributed by atoms with Crippen molar-refractivity contribution in [3.8, 4) is 6.07 Å². The molecule has 0 aliphatic heterocycles. The first-order valence-electron chi connectivity index (χ1n) is 4.47. The molecule has 1 aromatic rings. The Balaban J connectivity index is 2.49. The molecule has 0 spiro atoms. The molecule has 0 aliphatic carbocycles. The van der Waals surface area contributed by atoms with Gasteiger partial charge < -0.3 is 5.73 Å². The van der Waals surface area contributed by atoms with Gasteiger partial charge in [0.05, 0.1) is 6.07 Å². The lowest BCUT2D eigenvalue weighted by atomic mass is 10.0. The van der Waals surface area contributed by atoms with Crippen LogP contribution in [0.5, 0.6) is 0 Å². The van der Waals surface area contributed by atoms with Gasteiger partial charge in [0.2, 0.25) is 5.91 Å². The summed E-state index contributed by atoms with van der Waals surface area (Å²) in [6, 6.07) is 11.6. The van der Waals surface area contributed by atoms with Crippen LogP contribution in [-0.4, -0.2) is 5.91 Å². The number of carbonyl (C=O) groups excluding carboxylic acids is 1. The standard InChI is InChI=1S/C11H12N2O/c12-8-10(11(13)14)7-6-9-4-2-1-3-5-9/h1-5,10H,6-7H2,(H2,13,14). The summed E-state index contributed by atoms with van der Waals surface area (Å²) in [6.07, 6.45) is 1.21. The molecule has 0 aromatic heterocycles. The molecule has 0 bridgehead atoms.